The van der Waals surface area contributed by atoms with Crippen LogP contribution in [0.3, 0.4) is 0 Å². The summed E-state index contributed by atoms with van der Waals surface area (Å²) in [5.41, 5.74) is 1.60. The van der Waals surface area contributed by atoms with Gasteiger partial charge in [-0.05, 0) is 55.7 Å². The van der Waals surface area contributed by atoms with Crippen molar-refractivity contribution in [3.05, 3.63) is 51.5 Å². The first-order chi connectivity index (χ1) is 14.3. The van der Waals surface area contributed by atoms with Gasteiger partial charge in [-0.3, -0.25) is 0 Å². The largest absolute Gasteiger partial charge is 0.496 e. The first kappa shape index (κ1) is 23.8. The summed E-state index contributed by atoms with van der Waals surface area (Å²) in [7, 11) is 1.63. The Kier molecular flexibility index (Phi) is 8.81. The van der Waals surface area contributed by atoms with Crippen LogP contribution >= 0.6 is 23.2 Å². The van der Waals surface area contributed by atoms with Crippen molar-refractivity contribution in [2.75, 3.05) is 13.7 Å². The van der Waals surface area contributed by atoms with E-state index in [0.29, 0.717) is 27.1 Å². The third-order valence-corrected chi connectivity index (χ3v) is 4.66. The second-order valence-electron chi connectivity index (χ2n) is 6.71. The monoisotopic (exact) mass is 453 g/mol. The Morgan fingerprint density at radius 3 is 2.37 bits per heavy atom. The van der Waals surface area contributed by atoms with Crippen LogP contribution in [-0.2, 0) is 14.4 Å². The molecule has 2 aromatic carbocycles. The van der Waals surface area contributed by atoms with Gasteiger partial charge in [0.2, 0.25) is 6.10 Å². The number of hydrogen-bond acceptors (Lipinski definition) is 6. The molecule has 0 saturated heterocycles. The average molecular weight is 454 g/mol. The summed E-state index contributed by atoms with van der Waals surface area (Å²) in [4.78, 5) is 16.6. The van der Waals surface area contributed by atoms with Crippen molar-refractivity contribution >= 4 is 35.4 Å². The van der Waals surface area contributed by atoms with Crippen LogP contribution in [0.2, 0.25) is 10.0 Å². The van der Waals surface area contributed by atoms with E-state index in [-0.39, 0.29) is 12.5 Å². The Morgan fingerprint density at radius 1 is 1.13 bits per heavy atom. The van der Waals surface area contributed by atoms with Crippen LogP contribution in [0.25, 0.3) is 0 Å². The van der Waals surface area contributed by atoms with Gasteiger partial charge in [-0.25, -0.2) is 4.79 Å². The van der Waals surface area contributed by atoms with Gasteiger partial charge in [-0.1, -0.05) is 42.2 Å². The van der Waals surface area contributed by atoms with Crippen LogP contribution in [0, 0.1) is 0 Å². The summed E-state index contributed by atoms with van der Waals surface area (Å²) in [5.74, 6) is 1.48. The van der Waals surface area contributed by atoms with E-state index >= 15 is 0 Å². The van der Waals surface area contributed by atoms with E-state index in [0.717, 1.165) is 11.3 Å². The summed E-state index contributed by atoms with van der Waals surface area (Å²) < 4.78 is 16.2. The number of ether oxygens (including phenoxy) is 3. The topological polar surface area (TPSA) is 66.4 Å². The highest BCUT2D eigenvalue weighted by molar-refractivity contribution is 6.37. The lowest BCUT2D eigenvalue weighted by molar-refractivity contribution is -0.155. The van der Waals surface area contributed by atoms with Crippen molar-refractivity contribution in [2.45, 2.75) is 39.7 Å². The average Bonchev–Trinajstić information content (AvgIpc) is 2.70. The van der Waals surface area contributed by atoms with E-state index in [2.05, 4.69) is 19.0 Å². The van der Waals surface area contributed by atoms with Crippen LogP contribution < -0.4 is 9.47 Å². The van der Waals surface area contributed by atoms with E-state index in [1.807, 2.05) is 12.1 Å². The van der Waals surface area contributed by atoms with E-state index in [1.54, 1.807) is 39.2 Å². The Hall–Kier alpha value is -2.44. The zero-order valence-electron chi connectivity index (χ0n) is 17.6. The summed E-state index contributed by atoms with van der Waals surface area (Å²) >= 11 is 12.7. The van der Waals surface area contributed by atoms with Crippen LogP contribution in [0.4, 0.5) is 0 Å². The standard InChI is InChI=1S/C22H25Cl2NO5/c1-6-28-22(26)14(4)30-25-12-15-9-18(23)21(19(24)10-15)29-16-7-8-20(27-5)17(11-16)13(2)3/h7-14H,6H2,1-5H3/b25-12+. The molecule has 0 aliphatic heterocycles. The Balaban J connectivity index is 2.16. The molecule has 1 unspecified atom stereocenters. The minimum absolute atomic E-state index is 0.255. The smallest absolute Gasteiger partial charge is 0.349 e. The highest BCUT2D eigenvalue weighted by Gasteiger charge is 2.16. The number of carbonyl (C=O) groups is 1. The molecule has 2 aromatic rings. The maximum Gasteiger partial charge on any atom is 0.349 e. The van der Waals surface area contributed by atoms with Crippen molar-refractivity contribution in [2.24, 2.45) is 5.16 Å². The zero-order valence-corrected chi connectivity index (χ0v) is 19.1. The van der Waals surface area contributed by atoms with E-state index in [1.165, 1.54) is 6.21 Å². The molecule has 0 spiro atoms. The first-order valence-electron chi connectivity index (χ1n) is 9.47. The van der Waals surface area contributed by atoms with Crippen molar-refractivity contribution in [1.29, 1.82) is 0 Å². The van der Waals surface area contributed by atoms with Gasteiger partial charge in [0.05, 0.1) is 30.0 Å². The van der Waals surface area contributed by atoms with Gasteiger partial charge in [0.25, 0.3) is 0 Å². The molecule has 2 rings (SSSR count). The maximum atomic E-state index is 11.5. The lowest BCUT2D eigenvalue weighted by Crippen LogP contribution is -2.21. The molecule has 0 radical (unpaired) electrons. The van der Waals surface area contributed by atoms with Gasteiger partial charge in [-0.2, -0.15) is 0 Å². The van der Waals surface area contributed by atoms with Crippen molar-refractivity contribution in [3.8, 4) is 17.2 Å². The molecule has 8 heteroatoms. The summed E-state index contributed by atoms with van der Waals surface area (Å²) in [6.45, 7) is 7.68. The molecule has 30 heavy (non-hydrogen) atoms. The minimum Gasteiger partial charge on any atom is -0.496 e. The highest BCUT2D eigenvalue weighted by Crippen LogP contribution is 2.39. The molecule has 0 aliphatic rings. The number of rotatable bonds is 9. The molecule has 0 saturated carbocycles. The number of hydrogen-bond donors (Lipinski definition) is 0. The molecular formula is C22H25Cl2NO5. The Bertz CT molecular complexity index is 891. The molecule has 6 nitrogen and oxygen atoms in total. The predicted molar refractivity (Wildman–Crippen MR) is 118 cm³/mol. The lowest BCUT2D eigenvalue weighted by atomic mass is 10.0. The van der Waals surface area contributed by atoms with Crippen LogP contribution in [0.1, 0.15) is 44.7 Å². The van der Waals surface area contributed by atoms with E-state index in [4.69, 9.17) is 42.3 Å². The van der Waals surface area contributed by atoms with Crippen molar-refractivity contribution < 1.29 is 23.8 Å². The third kappa shape index (κ3) is 6.28. The quantitative estimate of drug-likeness (QED) is 0.256. The Morgan fingerprint density at radius 2 is 1.80 bits per heavy atom. The molecule has 0 aliphatic carbocycles. The van der Waals surface area contributed by atoms with Crippen LogP contribution in [-0.4, -0.2) is 32.0 Å². The van der Waals surface area contributed by atoms with Crippen molar-refractivity contribution in [1.82, 2.24) is 0 Å². The van der Waals surface area contributed by atoms with Crippen LogP contribution in [0.5, 0.6) is 17.2 Å². The molecule has 0 bridgehead atoms. The van der Waals surface area contributed by atoms with Crippen LogP contribution in [0.15, 0.2) is 35.5 Å². The maximum absolute atomic E-state index is 11.5. The number of esters is 1. The van der Waals surface area contributed by atoms with Gasteiger partial charge in [0, 0.05) is 5.56 Å². The number of carbonyl (C=O) groups excluding carboxylic acids is 1. The number of halogens is 2. The SMILES string of the molecule is CCOC(=O)C(C)O/N=C/c1cc(Cl)c(Oc2ccc(OC)c(C(C)C)c2)c(Cl)c1. The second kappa shape index (κ2) is 11.1. The fourth-order valence-electron chi connectivity index (χ4n) is 2.58. The fourth-order valence-corrected chi connectivity index (χ4v) is 3.16. The van der Waals surface area contributed by atoms with E-state index < -0.39 is 12.1 Å². The molecule has 162 valence electrons. The molecule has 0 amide bonds. The molecule has 0 N–H and O–H groups in total. The minimum atomic E-state index is -0.819. The summed E-state index contributed by atoms with van der Waals surface area (Å²) in [5, 5.41) is 4.41. The van der Waals surface area contributed by atoms with E-state index in [9.17, 15) is 4.79 Å². The fraction of sp³-hybridized carbons (Fsp3) is 0.364. The molecule has 0 aromatic heterocycles. The van der Waals surface area contributed by atoms with Gasteiger partial charge in [0.1, 0.15) is 11.5 Å². The van der Waals surface area contributed by atoms with Crippen molar-refractivity contribution in [3.63, 3.8) is 0 Å². The third-order valence-electron chi connectivity index (χ3n) is 4.10. The molecule has 1 atom stereocenters. The molecule has 0 heterocycles. The number of benzene rings is 2. The summed E-state index contributed by atoms with van der Waals surface area (Å²) in [6, 6.07) is 8.80. The summed E-state index contributed by atoms with van der Waals surface area (Å²) in [6.07, 6.45) is 0.585. The van der Waals surface area contributed by atoms with Gasteiger partial charge >= 0.3 is 5.97 Å². The number of nitrogens with zero attached hydrogens (tertiary/aromatic N) is 1. The van der Waals surface area contributed by atoms with Gasteiger partial charge < -0.3 is 19.0 Å². The molecular weight excluding hydrogens is 429 g/mol. The number of methoxy groups -OCH3 is 1. The van der Waals surface area contributed by atoms with Gasteiger partial charge in [0.15, 0.2) is 5.75 Å². The van der Waals surface area contributed by atoms with Gasteiger partial charge in [-0.15, -0.1) is 0 Å². The zero-order chi connectivity index (χ0) is 22.3. The first-order valence-corrected chi connectivity index (χ1v) is 10.2. The lowest BCUT2D eigenvalue weighted by Gasteiger charge is -2.15. The normalized spacial score (nSPS) is 12.1. The highest BCUT2D eigenvalue weighted by atomic mass is 35.5. The molecule has 0 fully saturated rings. The predicted octanol–water partition coefficient (Wildman–Crippen LogP) is 6.22. The Labute approximate surface area is 186 Å². The second-order valence-corrected chi connectivity index (χ2v) is 7.52. The number of oxime groups is 1.